The lowest BCUT2D eigenvalue weighted by atomic mass is 9.99. The van der Waals surface area contributed by atoms with Crippen molar-refractivity contribution in [1.82, 2.24) is 0 Å². The molecule has 0 radical (unpaired) electrons. The molecule has 0 unspecified atom stereocenters. The van der Waals surface area contributed by atoms with Gasteiger partial charge in [-0.1, -0.05) is 0 Å². The minimum Gasteiger partial charge on any atom is -0.394 e. The molecule has 8 N–H and O–H groups in total. The molecule has 0 amide bonds. The molecule has 0 spiro atoms. The molecule has 0 aliphatic heterocycles. The highest BCUT2D eigenvalue weighted by atomic mass is 16.5. The van der Waals surface area contributed by atoms with Gasteiger partial charge in [-0.2, -0.15) is 0 Å². The molecule has 6 nitrogen and oxygen atoms in total. The van der Waals surface area contributed by atoms with Gasteiger partial charge in [0.15, 0.2) is 0 Å². The fourth-order valence-corrected chi connectivity index (χ4v) is 0.283. The largest absolute Gasteiger partial charge is 0.394 e. The first-order chi connectivity index (χ1) is 4.37. The number of rotatable bonds is 3. The van der Waals surface area contributed by atoms with E-state index in [4.69, 9.17) is 31.9 Å². The third-order valence-corrected chi connectivity index (χ3v) is 1.30. The van der Waals surface area contributed by atoms with E-state index in [-0.39, 0.29) is 0 Å². The Morgan fingerprint density at radius 3 is 1.30 bits per heavy atom. The van der Waals surface area contributed by atoms with Crippen molar-refractivity contribution in [1.29, 1.82) is 0 Å². The fraction of sp³-hybridized carbons (Fsp3) is 1.00. The number of hydrogen-bond acceptors (Lipinski definition) is 6. The molecule has 6 heteroatoms. The smallest absolute Gasteiger partial charge is 0.243 e. The van der Waals surface area contributed by atoms with Gasteiger partial charge >= 0.3 is 0 Å². The lowest BCUT2D eigenvalue weighted by molar-refractivity contribution is -0.221. The van der Waals surface area contributed by atoms with Crippen LogP contribution in [-0.2, 0) is 0 Å². The van der Waals surface area contributed by atoms with Crippen molar-refractivity contribution in [2.75, 3.05) is 13.2 Å². The SMILES string of the molecule is NC(O)(O)C(N)(CO)CO. The van der Waals surface area contributed by atoms with E-state index in [0.717, 1.165) is 0 Å². The second-order valence-electron chi connectivity index (χ2n) is 2.20. The summed E-state index contributed by atoms with van der Waals surface area (Å²) < 4.78 is 0. The summed E-state index contributed by atoms with van der Waals surface area (Å²) in [4.78, 5) is 0. The number of aliphatic hydroxyl groups excluding tert-OH is 2. The van der Waals surface area contributed by atoms with Crippen LogP contribution in [0, 0.1) is 0 Å². The molecule has 0 saturated carbocycles. The van der Waals surface area contributed by atoms with Crippen LogP contribution in [0.15, 0.2) is 0 Å². The molecular formula is C4H12N2O4. The molecule has 0 atom stereocenters. The number of aliphatic hydroxyl groups is 4. The van der Waals surface area contributed by atoms with Crippen molar-refractivity contribution in [3.05, 3.63) is 0 Å². The molecule has 0 fully saturated rings. The van der Waals surface area contributed by atoms with Crippen molar-refractivity contribution >= 4 is 0 Å². The van der Waals surface area contributed by atoms with Crippen molar-refractivity contribution < 1.29 is 20.4 Å². The molecule has 0 aliphatic rings. The monoisotopic (exact) mass is 152 g/mol. The van der Waals surface area contributed by atoms with Gasteiger partial charge in [0.1, 0.15) is 5.54 Å². The maximum absolute atomic E-state index is 8.62. The quantitative estimate of drug-likeness (QED) is 0.230. The summed E-state index contributed by atoms with van der Waals surface area (Å²) in [6.45, 7) is -1.62. The summed E-state index contributed by atoms with van der Waals surface area (Å²) in [6, 6.07) is 0. The van der Waals surface area contributed by atoms with E-state index in [1.54, 1.807) is 0 Å². The van der Waals surface area contributed by atoms with Crippen LogP contribution in [0.3, 0.4) is 0 Å². The predicted molar refractivity (Wildman–Crippen MR) is 32.4 cm³/mol. The van der Waals surface area contributed by atoms with Crippen molar-refractivity contribution in [2.24, 2.45) is 11.5 Å². The van der Waals surface area contributed by atoms with Gasteiger partial charge < -0.3 is 26.2 Å². The average Bonchev–Trinajstić information content (AvgIpc) is 1.84. The van der Waals surface area contributed by atoms with Gasteiger partial charge in [0.25, 0.3) is 0 Å². The summed E-state index contributed by atoms with van der Waals surface area (Å²) in [6.07, 6.45) is 0. The Kier molecular flexibility index (Phi) is 2.72. The molecule has 0 bridgehead atoms. The van der Waals surface area contributed by atoms with Crippen molar-refractivity contribution in [2.45, 2.75) is 11.4 Å². The molecule has 0 aromatic rings. The number of hydrogen-bond donors (Lipinski definition) is 6. The predicted octanol–water partition coefficient (Wildman–Crippen LogP) is -3.73. The summed E-state index contributed by atoms with van der Waals surface area (Å²) >= 11 is 0. The van der Waals surface area contributed by atoms with E-state index in [1.807, 2.05) is 0 Å². The number of nitrogens with two attached hydrogens (primary N) is 2. The van der Waals surface area contributed by atoms with Gasteiger partial charge in [0.05, 0.1) is 13.2 Å². The first-order valence-corrected chi connectivity index (χ1v) is 2.61. The third kappa shape index (κ3) is 1.63. The van der Waals surface area contributed by atoms with Crippen LogP contribution in [0.1, 0.15) is 0 Å². The van der Waals surface area contributed by atoms with E-state index in [0.29, 0.717) is 0 Å². The highest BCUT2D eigenvalue weighted by Crippen LogP contribution is 2.09. The molecule has 0 aliphatic carbocycles. The topological polar surface area (TPSA) is 133 Å². The Labute approximate surface area is 57.7 Å². The molecular weight excluding hydrogens is 140 g/mol. The third-order valence-electron chi connectivity index (χ3n) is 1.30. The minimum atomic E-state index is -2.77. The summed E-state index contributed by atoms with van der Waals surface area (Å²) in [5.74, 6) is -2.77. The first kappa shape index (κ1) is 9.76. The summed E-state index contributed by atoms with van der Waals surface area (Å²) in [5, 5.41) is 34.1. The Bertz CT molecular complexity index is 106. The zero-order valence-corrected chi connectivity index (χ0v) is 5.36. The Hall–Kier alpha value is -0.240. The molecule has 62 valence electrons. The van der Waals surface area contributed by atoms with Crippen LogP contribution in [0.2, 0.25) is 0 Å². The van der Waals surface area contributed by atoms with Gasteiger partial charge in [-0.25, -0.2) is 0 Å². The Morgan fingerprint density at radius 2 is 1.30 bits per heavy atom. The van der Waals surface area contributed by atoms with Crippen LogP contribution in [0.25, 0.3) is 0 Å². The molecule has 0 rings (SSSR count). The van der Waals surface area contributed by atoms with E-state index in [1.165, 1.54) is 0 Å². The van der Waals surface area contributed by atoms with Gasteiger partial charge in [-0.15, -0.1) is 0 Å². The lowest BCUT2D eigenvalue weighted by Gasteiger charge is -2.34. The molecule has 0 saturated heterocycles. The Morgan fingerprint density at radius 1 is 1.00 bits per heavy atom. The molecule has 0 aromatic carbocycles. The van der Waals surface area contributed by atoms with E-state index >= 15 is 0 Å². The second kappa shape index (κ2) is 2.79. The van der Waals surface area contributed by atoms with Crippen LogP contribution < -0.4 is 11.5 Å². The summed E-state index contributed by atoms with van der Waals surface area (Å²) in [5.41, 5.74) is 7.77. The lowest BCUT2D eigenvalue weighted by Crippen LogP contribution is -2.70. The van der Waals surface area contributed by atoms with Gasteiger partial charge in [-0.05, 0) is 0 Å². The van der Waals surface area contributed by atoms with E-state index in [2.05, 4.69) is 0 Å². The average molecular weight is 152 g/mol. The van der Waals surface area contributed by atoms with Crippen LogP contribution in [0.5, 0.6) is 0 Å². The highest BCUT2D eigenvalue weighted by Gasteiger charge is 2.42. The zero-order valence-electron chi connectivity index (χ0n) is 5.36. The van der Waals surface area contributed by atoms with E-state index in [9.17, 15) is 0 Å². The maximum Gasteiger partial charge on any atom is 0.243 e. The summed E-state index contributed by atoms with van der Waals surface area (Å²) in [7, 11) is 0. The van der Waals surface area contributed by atoms with E-state index < -0.39 is 24.7 Å². The van der Waals surface area contributed by atoms with Crippen molar-refractivity contribution in [3.63, 3.8) is 0 Å². The minimum absolute atomic E-state index is 0.812. The van der Waals surface area contributed by atoms with Crippen LogP contribution >= 0.6 is 0 Å². The fourth-order valence-electron chi connectivity index (χ4n) is 0.283. The maximum atomic E-state index is 8.62. The standard InChI is InChI=1S/C4H12N2O4/c5-3(1-7,2-8)4(6,9)10/h7-10H,1-2,5-6H2. The normalized spacial score (nSPS) is 13.8. The van der Waals surface area contributed by atoms with Crippen LogP contribution in [-0.4, -0.2) is 45.1 Å². The van der Waals surface area contributed by atoms with Gasteiger partial charge in [0.2, 0.25) is 5.91 Å². The van der Waals surface area contributed by atoms with Crippen molar-refractivity contribution in [3.8, 4) is 0 Å². The molecule has 0 heterocycles. The van der Waals surface area contributed by atoms with Crippen LogP contribution in [0.4, 0.5) is 0 Å². The zero-order chi connectivity index (χ0) is 8.41. The second-order valence-corrected chi connectivity index (χ2v) is 2.20. The highest BCUT2D eigenvalue weighted by molar-refractivity contribution is 4.92. The Balaban J connectivity index is 4.33. The molecule has 0 aromatic heterocycles. The van der Waals surface area contributed by atoms with Gasteiger partial charge in [0, 0.05) is 0 Å². The van der Waals surface area contributed by atoms with Gasteiger partial charge in [-0.3, -0.25) is 5.73 Å². The first-order valence-electron chi connectivity index (χ1n) is 2.61. The molecule has 10 heavy (non-hydrogen) atoms.